The van der Waals surface area contributed by atoms with Crippen LogP contribution in [0.2, 0.25) is 0 Å². The lowest BCUT2D eigenvalue weighted by Crippen LogP contribution is -1.98. The van der Waals surface area contributed by atoms with Crippen LogP contribution in [-0.4, -0.2) is 23.7 Å². The molecule has 0 bridgehead atoms. The molecule has 0 aliphatic rings. The zero-order valence-electron chi connectivity index (χ0n) is 10.2. The lowest BCUT2D eigenvalue weighted by Gasteiger charge is -1.94. The van der Waals surface area contributed by atoms with Gasteiger partial charge in [-0.25, -0.2) is 9.59 Å². The summed E-state index contributed by atoms with van der Waals surface area (Å²) >= 11 is 0. The zero-order chi connectivity index (χ0) is 13.8. The van der Waals surface area contributed by atoms with Crippen LogP contribution < -0.4 is 0 Å². The van der Waals surface area contributed by atoms with Crippen molar-refractivity contribution < 1.29 is 19.4 Å². The molecule has 1 aromatic carbocycles. The van der Waals surface area contributed by atoms with E-state index in [4.69, 9.17) is 9.84 Å². The van der Waals surface area contributed by atoms with Crippen molar-refractivity contribution in [3.8, 4) is 0 Å². The number of hydrogen-bond donors (Lipinski definition) is 1. The van der Waals surface area contributed by atoms with Crippen molar-refractivity contribution in [1.82, 2.24) is 0 Å². The van der Waals surface area contributed by atoms with Gasteiger partial charge in [-0.2, -0.15) is 0 Å². The maximum absolute atomic E-state index is 10.9. The van der Waals surface area contributed by atoms with Crippen molar-refractivity contribution in [2.24, 2.45) is 0 Å². The Morgan fingerprint density at radius 3 is 2.33 bits per heavy atom. The van der Waals surface area contributed by atoms with Crippen LogP contribution in [0.4, 0.5) is 0 Å². The van der Waals surface area contributed by atoms with Crippen molar-refractivity contribution in [3.63, 3.8) is 0 Å². The molecule has 1 rings (SSSR count). The normalized spacial score (nSPS) is 9.17. The van der Waals surface area contributed by atoms with Crippen molar-refractivity contribution in [2.75, 3.05) is 6.61 Å². The third-order valence-corrected chi connectivity index (χ3v) is 1.67. The summed E-state index contributed by atoms with van der Waals surface area (Å²) in [7, 11) is 0. The van der Waals surface area contributed by atoms with Gasteiger partial charge in [-0.3, -0.25) is 0 Å². The molecule has 4 heteroatoms. The molecule has 0 aliphatic heterocycles. The highest BCUT2D eigenvalue weighted by atomic mass is 16.5. The molecule has 1 aromatic rings. The zero-order valence-corrected chi connectivity index (χ0v) is 10.2. The van der Waals surface area contributed by atoms with Crippen molar-refractivity contribution in [1.29, 1.82) is 0 Å². The number of carbonyl (C=O) groups is 2. The summed E-state index contributed by atoms with van der Waals surface area (Å²) in [6, 6.07) is 9.63. The Hall–Kier alpha value is -2.36. The fourth-order valence-corrected chi connectivity index (χ4v) is 0.919. The fourth-order valence-electron chi connectivity index (χ4n) is 0.919. The van der Waals surface area contributed by atoms with Crippen LogP contribution in [0.25, 0.3) is 6.08 Å². The van der Waals surface area contributed by atoms with E-state index in [2.05, 4.69) is 6.58 Å². The number of ether oxygens (including phenoxy) is 1. The first kappa shape index (κ1) is 15.6. The minimum absolute atomic E-state index is 0.300. The molecule has 18 heavy (non-hydrogen) atoms. The first-order valence-corrected chi connectivity index (χ1v) is 5.35. The van der Waals surface area contributed by atoms with E-state index in [1.54, 1.807) is 13.0 Å². The second-order valence-electron chi connectivity index (χ2n) is 3.04. The van der Waals surface area contributed by atoms with Gasteiger partial charge < -0.3 is 9.84 Å². The van der Waals surface area contributed by atoms with Gasteiger partial charge in [-0.1, -0.05) is 36.9 Å². The second-order valence-corrected chi connectivity index (χ2v) is 3.04. The number of hydrogen-bond acceptors (Lipinski definition) is 3. The largest absolute Gasteiger partial charge is 0.478 e. The molecular formula is C14H16O4. The second kappa shape index (κ2) is 9.84. The van der Waals surface area contributed by atoms with Crippen molar-refractivity contribution in [2.45, 2.75) is 6.92 Å². The maximum atomic E-state index is 10.9. The van der Waals surface area contributed by atoms with Crippen LogP contribution in [0.1, 0.15) is 12.5 Å². The minimum atomic E-state index is -0.981. The number of carboxylic acids is 1. The molecule has 4 nitrogen and oxygen atoms in total. The topological polar surface area (TPSA) is 63.6 Å². The van der Waals surface area contributed by atoms with Crippen LogP contribution >= 0.6 is 0 Å². The molecule has 0 aliphatic carbocycles. The van der Waals surface area contributed by atoms with Crippen LogP contribution in [0.3, 0.4) is 0 Å². The van der Waals surface area contributed by atoms with E-state index in [-0.39, 0.29) is 5.97 Å². The van der Waals surface area contributed by atoms with E-state index < -0.39 is 5.97 Å². The molecule has 0 saturated carbocycles. The summed E-state index contributed by atoms with van der Waals surface area (Å²) < 4.78 is 4.74. The number of aliphatic carboxylic acids is 1. The van der Waals surface area contributed by atoms with Gasteiger partial charge in [0, 0.05) is 12.2 Å². The molecule has 0 atom stereocenters. The number of carboxylic acid groups (broad SMARTS) is 1. The van der Waals surface area contributed by atoms with Gasteiger partial charge in [0.2, 0.25) is 0 Å². The van der Waals surface area contributed by atoms with Gasteiger partial charge in [0.05, 0.1) is 6.61 Å². The summed E-state index contributed by atoms with van der Waals surface area (Å²) in [5.74, 6) is -1.28. The molecule has 0 fully saturated rings. The smallest absolute Gasteiger partial charge is 0.330 e. The summed E-state index contributed by atoms with van der Waals surface area (Å²) in [6.07, 6.45) is 4.00. The number of benzene rings is 1. The average Bonchev–Trinajstić information content (AvgIpc) is 2.38. The first-order valence-electron chi connectivity index (χ1n) is 5.35. The predicted molar refractivity (Wildman–Crippen MR) is 69.9 cm³/mol. The van der Waals surface area contributed by atoms with E-state index in [0.717, 1.165) is 11.6 Å². The third-order valence-electron chi connectivity index (χ3n) is 1.67. The van der Waals surface area contributed by atoms with Crippen LogP contribution in [0.15, 0.2) is 49.1 Å². The molecular weight excluding hydrogens is 232 g/mol. The Labute approximate surface area is 106 Å². The van der Waals surface area contributed by atoms with E-state index in [1.807, 2.05) is 30.3 Å². The molecule has 0 radical (unpaired) electrons. The highest BCUT2D eigenvalue weighted by Crippen LogP contribution is 2.00. The lowest BCUT2D eigenvalue weighted by atomic mass is 10.2. The Kier molecular flexibility index (Phi) is 8.55. The van der Waals surface area contributed by atoms with Gasteiger partial charge in [0.15, 0.2) is 0 Å². The van der Waals surface area contributed by atoms with E-state index >= 15 is 0 Å². The summed E-state index contributed by atoms with van der Waals surface area (Å²) in [6.45, 7) is 5.16. The Morgan fingerprint density at radius 2 is 1.89 bits per heavy atom. The van der Waals surface area contributed by atoms with E-state index in [0.29, 0.717) is 6.61 Å². The van der Waals surface area contributed by atoms with Crippen LogP contribution in [-0.2, 0) is 14.3 Å². The monoisotopic (exact) mass is 248 g/mol. The standard InChI is InChI=1S/C11H12O2.C3H4O2/c1-2-13-11(12)9-8-10-6-4-3-5-7-10;1-2-3(4)5/h3-9H,2H2,1H3;2H,1H2,(H,4,5). The maximum Gasteiger partial charge on any atom is 0.330 e. The molecule has 0 aromatic heterocycles. The Bertz CT molecular complexity index is 407. The van der Waals surface area contributed by atoms with Crippen LogP contribution in [0, 0.1) is 0 Å². The summed E-state index contributed by atoms with van der Waals surface area (Å²) in [4.78, 5) is 20.2. The van der Waals surface area contributed by atoms with Crippen molar-refractivity contribution in [3.05, 3.63) is 54.6 Å². The lowest BCUT2D eigenvalue weighted by molar-refractivity contribution is -0.137. The van der Waals surface area contributed by atoms with Crippen LogP contribution in [0.5, 0.6) is 0 Å². The van der Waals surface area contributed by atoms with Crippen molar-refractivity contribution >= 4 is 18.0 Å². The van der Waals surface area contributed by atoms with Gasteiger partial charge >= 0.3 is 11.9 Å². The molecule has 0 saturated heterocycles. The fraction of sp³-hybridized carbons (Fsp3) is 0.143. The number of rotatable bonds is 4. The molecule has 0 unspecified atom stereocenters. The molecule has 96 valence electrons. The van der Waals surface area contributed by atoms with E-state index in [9.17, 15) is 9.59 Å². The van der Waals surface area contributed by atoms with Gasteiger partial charge in [0.25, 0.3) is 0 Å². The minimum Gasteiger partial charge on any atom is -0.478 e. The Balaban J connectivity index is 0.000000494. The highest BCUT2D eigenvalue weighted by molar-refractivity contribution is 5.86. The predicted octanol–water partition coefficient (Wildman–Crippen LogP) is 2.52. The van der Waals surface area contributed by atoms with Gasteiger partial charge in [-0.05, 0) is 18.6 Å². The Morgan fingerprint density at radius 1 is 1.33 bits per heavy atom. The van der Waals surface area contributed by atoms with Gasteiger partial charge in [-0.15, -0.1) is 0 Å². The molecule has 1 N–H and O–H groups in total. The summed E-state index contributed by atoms with van der Waals surface area (Å²) in [5, 5.41) is 7.60. The summed E-state index contributed by atoms with van der Waals surface area (Å²) in [5.41, 5.74) is 0.996. The van der Waals surface area contributed by atoms with Gasteiger partial charge in [0.1, 0.15) is 0 Å². The number of esters is 1. The van der Waals surface area contributed by atoms with E-state index in [1.165, 1.54) is 6.08 Å². The third kappa shape index (κ3) is 8.91. The molecule has 0 heterocycles. The highest BCUT2D eigenvalue weighted by Gasteiger charge is 1.92. The molecule has 0 amide bonds. The average molecular weight is 248 g/mol. The molecule has 0 spiro atoms. The number of carbonyl (C=O) groups excluding carboxylic acids is 1. The first-order chi connectivity index (χ1) is 8.60. The quantitative estimate of drug-likeness (QED) is 0.657. The SMILES string of the molecule is C=CC(=O)O.CCOC(=O)C=Cc1ccccc1.